The van der Waals surface area contributed by atoms with E-state index < -0.39 is 24.9 Å². The van der Waals surface area contributed by atoms with Crippen molar-refractivity contribution in [3.63, 3.8) is 0 Å². The van der Waals surface area contributed by atoms with Gasteiger partial charge in [0.1, 0.15) is 11.8 Å². The second-order valence-electron chi connectivity index (χ2n) is 9.80. The summed E-state index contributed by atoms with van der Waals surface area (Å²) in [5.41, 5.74) is 1.36. The molecule has 43 heavy (non-hydrogen) atoms. The van der Waals surface area contributed by atoms with E-state index in [0.717, 1.165) is 21.3 Å². The van der Waals surface area contributed by atoms with Gasteiger partial charge < -0.3 is 31.8 Å². The van der Waals surface area contributed by atoms with Crippen molar-refractivity contribution < 1.29 is 41.7 Å². The molecule has 0 N–H and O–H groups in total. The third-order valence-electron chi connectivity index (χ3n) is 7.21. The summed E-state index contributed by atoms with van der Waals surface area (Å²) in [6, 6.07) is 17.4. The standard InChI is InChI=1S/C32H29BF2N2O6/c1-5-41-31(39)27-20(3)36-25(28(27)22-13-9-7-10-14-22)19-26-29(23-15-11-8-12-16-23)30(32(40)42-6-2)24(17-18-43-21(4)38)37(26)33(36,34)35/h7-19H,5-6H2,1-4H3/b18-17+. The lowest BCUT2D eigenvalue weighted by atomic mass is 9.87. The number of esters is 3. The highest BCUT2D eigenvalue weighted by Crippen LogP contribution is 2.46. The van der Waals surface area contributed by atoms with Gasteiger partial charge in [-0.3, -0.25) is 4.79 Å². The number of aromatic nitrogens is 1. The molecule has 0 saturated heterocycles. The lowest BCUT2D eigenvalue weighted by Gasteiger charge is -2.31. The van der Waals surface area contributed by atoms with Gasteiger partial charge in [-0.05, 0) is 37.6 Å². The molecule has 2 aliphatic heterocycles. The Morgan fingerprint density at radius 3 is 2.07 bits per heavy atom. The molecule has 0 spiro atoms. The van der Waals surface area contributed by atoms with Crippen molar-refractivity contribution in [2.24, 2.45) is 0 Å². The molecule has 3 aromatic rings. The van der Waals surface area contributed by atoms with E-state index in [0.29, 0.717) is 16.7 Å². The van der Waals surface area contributed by atoms with Crippen LogP contribution in [0.25, 0.3) is 22.8 Å². The van der Waals surface area contributed by atoms with Gasteiger partial charge in [0, 0.05) is 30.3 Å². The predicted octanol–water partition coefficient (Wildman–Crippen LogP) is 5.78. The van der Waals surface area contributed by atoms with Crippen molar-refractivity contribution in [3.05, 3.63) is 107 Å². The fraction of sp³-hybridized carbons (Fsp3) is 0.188. The summed E-state index contributed by atoms with van der Waals surface area (Å²) in [4.78, 5) is 38.3. The Hall–Kier alpha value is -5.06. The Morgan fingerprint density at radius 2 is 1.49 bits per heavy atom. The van der Waals surface area contributed by atoms with Crippen LogP contribution < -0.4 is 0 Å². The van der Waals surface area contributed by atoms with Gasteiger partial charge in [-0.15, -0.1) is 0 Å². The molecular formula is C32H29BF2N2O6. The lowest BCUT2D eigenvalue weighted by Crippen LogP contribution is -2.51. The van der Waals surface area contributed by atoms with Crippen LogP contribution in [0.3, 0.4) is 0 Å². The van der Waals surface area contributed by atoms with Gasteiger partial charge in [0.25, 0.3) is 0 Å². The van der Waals surface area contributed by atoms with Crippen molar-refractivity contribution in [1.82, 2.24) is 4.48 Å². The summed E-state index contributed by atoms with van der Waals surface area (Å²) in [5, 5.41) is 0. The van der Waals surface area contributed by atoms with Crippen LogP contribution in [0.15, 0.2) is 84.3 Å². The average molecular weight is 586 g/mol. The van der Waals surface area contributed by atoms with E-state index in [1.54, 1.807) is 80.6 Å². The van der Waals surface area contributed by atoms with Crippen LogP contribution in [0, 0.1) is 6.92 Å². The molecule has 11 heteroatoms. The van der Waals surface area contributed by atoms with Gasteiger partial charge in [-0.1, -0.05) is 60.7 Å². The maximum Gasteiger partial charge on any atom is 0.737 e. The maximum absolute atomic E-state index is 17.1. The zero-order valence-corrected chi connectivity index (χ0v) is 24.1. The average Bonchev–Trinajstić information content (AvgIpc) is 3.47. The molecule has 1 aromatic heterocycles. The SMILES string of the molecule is CCOC(=O)C1=C(c2ccccc2)C2=Cc3c(-c4ccccc4)c(C(=O)OCC)c(C)n3[B-](F)(F)[N+]2=C1/C=C/OC(C)=O. The minimum Gasteiger partial charge on any atom is -0.462 e. The van der Waals surface area contributed by atoms with Gasteiger partial charge in [0.2, 0.25) is 0 Å². The summed E-state index contributed by atoms with van der Waals surface area (Å²) >= 11 is 0. The molecule has 0 bridgehead atoms. The number of fused-ring (bicyclic) bond motifs is 2. The van der Waals surface area contributed by atoms with Crippen LogP contribution in [-0.4, -0.2) is 52.8 Å². The molecule has 0 amide bonds. The van der Waals surface area contributed by atoms with E-state index in [-0.39, 0.29) is 52.7 Å². The van der Waals surface area contributed by atoms with Gasteiger partial charge in [-0.2, -0.15) is 0 Å². The van der Waals surface area contributed by atoms with Gasteiger partial charge >= 0.3 is 24.9 Å². The number of halogens is 2. The fourth-order valence-electron chi connectivity index (χ4n) is 5.64. The van der Waals surface area contributed by atoms with Crippen molar-refractivity contribution in [2.75, 3.05) is 13.2 Å². The zero-order valence-electron chi connectivity index (χ0n) is 24.1. The molecule has 0 aliphatic carbocycles. The van der Waals surface area contributed by atoms with Crippen LogP contribution in [0.1, 0.15) is 48.1 Å². The van der Waals surface area contributed by atoms with Gasteiger partial charge in [-0.25, -0.2) is 9.59 Å². The second-order valence-corrected chi connectivity index (χ2v) is 9.80. The van der Waals surface area contributed by atoms with Crippen molar-refractivity contribution in [3.8, 4) is 11.1 Å². The molecule has 2 aromatic carbocycles. The topological polar surface area (TPSA) is 86.8 Å². The Kier molecular flexibility index (Phi) is 7.99. The summed E-state index contributed by atoms with van der Waals surface area (Å²) in [6.07, 6.45) is 3.67. The summed E-state index contributed by atoms with van der Waals surface area (Å²) in [6.45, 7) is 1.21. The number of rotatable bonds is 8. The number of allylic oxidation sites excluding steroid dienone is 2. The highest BCUT2D eigenvalue weighted by Gasteiger charge is 2.57. The number of nitrogens with zero attached hydrogens (tertiary/aromatic N) is 2. The Balaban J connectivity index is 1.92. The smallest absolute Gasteiger partial charge is 0.462 e. The molecular weight excluding hydrogens is 557 g/mol. The number of ether oxygens (including phenoxy) is 3. The number of carbonyl (C=O) groups excluding carboxylic acids is 3. The second kappa shape index (κ2) is 11.7. The minimum atomic E-state index is -4.74. The van der Waals surface area contributed by atoms with Crippen LogP contribution >= 0.6 is 0 Å². The molecule has 0 saturated carbocycles. The molecule has 8 nitrogen and oxygen atoms in total. The molecule has 2 aliphatic rings. The third kappa shape index (κ3) is 5.00. The quantitative estimate of drug-likeness (QED) is 0.144. The highest BCUT2D eigenvalue weighted by molar-refractivity contribution is 6.59. The first-order chi connectivity index (χ1) is 20.6. The van der Waals surface area contributed by atoms with Crippen molar-refractivity contribution in [1.29, 1.82) is 0 Å². The van der Waals surface area contributed by atoms with Crippen molar-refractivity contribution in [2.45, 2.75) is 27.7 Å². The molecule has 0 radical (unpaired) electrons. The Morgan fingerprint density at radius 1 is 0.907 bits per heavy atom. The Labute approximate surface area is 247 Å². The first kappa shape index (κ1) is 29.4. The summed E-state index contributed by atoms with van der Waals surface area (Å²) < 4.78 is 51.5. The first-order valence-corrected chi connectivity index (χ1v) is 13.8. The zero-order chi connectivity index (χ0) is 30.9. The number of benzene rings is 2. The molecule has 0 fully saturated rings. The molecule has 220 valence electrons. The van der Waals surface area contributed by atoms with Crippen LogP contribution in [-0.2, 0) is 23.8 Å². The fourth-order valence-corrected chi connectivity index (χ4v) is 5.64. The largest absolute Gasteiger partial charge is 0.737 e. The van der Waals surface area contributed by atoms with E-state index in [1.165, 1.54) is 13.8 Å². The van der Waals surface area contributed by atoms with Gasteiger partial charge in [0.05, 0.1) is 24.4 Å². The first-order valence-electron chi connectivity index (χ1n) is 13.8. The maximum atomic E-state index is 17.1. The van der Waals surface area contributed by atoms with E-state index in [2.05, 4.69) is 0 Å². The van der Waals surface area contributed by atoms with E-state index in [9.17, 15) is 14.4 Å². The monoisotopic (exact) mass is 586 g/mol. The summed E-state index contributed by atoms with van der Waals surface area (Å²) in [5.74, 6) is -2.21. The van der Waals surface area contributed by atoms with Crippen LogP contribution in [0.4, 0.5) is 8.63 Å². The number of hydrogen-bond acceptors (Lipinski definition) is 6. The third-order valence-corrected chi connectivity index (χ3v) is 7.21. The molecule has 5 rings (SSSR count). The summed E-state index contributed by atoms with van der Waals surface area (Å²) in [7, 11) is 0. The van der Waals surface area contributed by atoms with Gasteiger partial charge in [0.15, 0.2) is 11.4 Å². The highest BCUT2D eigenvalue weighted by atomic mass is 19.2. The van der Waals surface area contributed by atoms with Crippen LogP contribution in [0.2, 0.25) is 0 Å². The predicted molar refractivity (Wildman–Crippen MR) is 158 cm³/mol. The van der Waals surface area contributed by atoms with Crippen LogP contribution in [0.5, 0.6) is 0 Å². The van der Waals surface area contributed by atoms with Crippen molar-refractivity contribution >= 4 is 42.2 Å². The normalized spacial score (nSPS) is 15.3. The number of carbonyl (C=O) groups is 3. The number of hydrogen-bond donors (Lipinski definition) is 0. The molecule has 0 atom stereocenters. The molecule has 3 heterocycles. The lowest BCUT2D eigenvalue weighted by molar-refractivity contribution is -0.358. The minimum absolute atomic E-state index is 0.00163. The Bertz CT molecular complexity index is 1750. The molecule has 0 unspecified atom stereocenters. The van der Waals surface area contributed by atoms with E-state index in [1.807, 2.05) is 0 Å². The van der Waals surface area contributed by atoms with E-state index >= 15 is 8.63 Å². The van der Waals surface area contributed by atoms with E-state index in [4.69, 9.17) is 14.2 Å².